The van der Waals surface area contributed by atoms with Gasteiger partial charge in [-0.1, -0.05) is 6.07 Å². The maximum Gasteiger partial charge on any atom is 0.161 e. The number of benzene rings is 1. The van der Waals surface area contributed by atoms with E-state index >= 15 is 0 Å². The Morgan fingerprint density at radius 2 is 2.00 bits per heavy atom. The van der Waals surface area contributed by atoms with Crippen LogP contribution in [0.25, 0.3) is 0 Å². The average Bonchev–Trinajstić information content (AvgIpc) is 2.85. The molecule has 0 radical (unpaired) electrons. The second-order valence-corrected chi connectivity index (χ2v) is 4.06. The van der Waals surface area contributed by atoms with Crippen LogP contribution in [0.15, 0.2) is 30.6 Å². The van der Waals surface area contributed by atoms with Gasteiger partial charge in [0.2, 0.25) is 0 Å². The summed E-state index contributed by atoms with van der Waals surface area (Å²) in [4.78, 5) is 4.18. The molecule has 1 heterocycles. The predicted molar refractivity (Wildman–Crippen MR) is 70.4 cm³/mol. The highest BCUT2D eigenvalue weighted by molar-refractivity contribution is 6.16. The highest BCUT2D eigenvalue weighted by Gasteiger charge is 2.06. The Kier molecular flexibility index (Phi) is 4.10. The molecule has 0 fully saturated rings. The van der Waals surface area contributed by atoms with E-state index in [4.69, 9.17) is 21.1 Å². The summed E-state index contributed by atoms with van der Waals surface area (Å²) in [6, 6.07) is 5.85. The Morgan fingerprint density at radius 1 is 1.22 bits per heavy atom. The molecule has 5 heteroatoms. The smallest absolute Gasteiger partial charge is 0.161 e. The Hall–Kier alpha value is -1.68. The third-order valence-electron chi connectivity index (χ3n) is 2.72. The third-order valence-corrected chi connectivity index (χ3v) is 2.96. The maximum absolute atomic E-state index is 5.82. The molecule has 0 aliphatic heterocycles. The zero-order chi connectivity index (χ0) is 13.0. The van der Waals surface area contributed by atoms with Crippen molar-refractivity contribution in [2.45, 2.75) is 12.4 Å². The molecular weight excluding hydrogens is 252 g/mol. The summed E-state index contributed by atoms with van der Waals surface area (Å²) >= 11 is 5.82. The van der Waals surface area contributed by atoms with Crippen molar-refractivity contribution in [1.82, 2.24) is 9.55 Å². The quantitative estimate of drug-likeness (QED) is 0.781. The molecule has 2 rings (SSSR count). The lowest BCUT2D eigenvalue weighted by Crippen LogP contribution is -2.03. The van der Waals surface area contributed by atoms with E-state index in [0.29, 0.717) is 12.4 Å². The normalized spacial score (nSPS) is 10.4. The van der Waals surface area contributed by atoms with Crippen LogP contribution in [0.1, 0.15) is 11.4 Å². The molecule has 1 aromatic heterocycles. The molecule has 0 spiro atoms. The minimum absolute atomic E-state index is 0.403. The largest absolute Gasteiger partial charge is 0.493 e. The Balaban J connectivity index is 2.24. The topological polar surface area (TPSA) is 36.3 Å². The van der Waals surface area contributed by atoms with Gasteiger partial charge in [0.1, 0.15) is 5.82 Å². The molecule has 0 saturated heterocycles. The standard InChI is InChI=1S/C13H15ClN2O2/c1-17-11-4-3-10(7-12(11)18-2)9-16-6-5-15-13(16)8-14/h3-7H,8-9H2,1-2H3. The summed E-state index contributed by atoms with van der Waals surface area (Å²) in [5.41, 5.74) is 1.11. The van der Waals surface area contributed by atoms with Gasteiger partial charge in [-0.15, -0.1) is 11.6 Å². The summed E-state index contributed by atoms with van der Waals surface area (Å²) in [6.07, 6.45) is 3.66. The minimum atomic E-state index is 0.403. The molecule has 0 aliphatic rings. The summed E-state index contributed by atoms with van der Waals surface area (Å²) in [6.45, 7) is 0.711. The molecule has 1 aromatic carbocycles. The first-order valence-electron chi connectivity index (χ1n) is 5.55. The van der Waals surface area contributed by atoms with Crippen LogP contribution in [0, 0.1) is 0 Å². The van der Waals surface area contributed by atoms with Crippen LogP contribution < -0.4 is 9.47 Å². The van der Waals surface area contributed by atoms with Gasteiger partial charge in [-0.05, 0) is 17.7 Å². The molecule has 0 amide bonds. The SMILES string of the molecule is COc1ccc(Cn2ccnc2CCl)cc1OC. The zero-order valence-corrected chi connectivity index (χ0v) is 11.1. The lowest BCUT2D eigenvalue weighted by molar-refractivity contribution is 0.354. The summed E-state index contributed by atoms with van der Waals surface area (Å²) in [5.74, 6) is 2.71. The van der Waals surface area contributed by atoms with Crippen molar-refractivity contribution >= 4 is 11.6 Å². The van der Waals surface area contributed by atoms with Crippen LogP contribution in [0.4, 0.5) is 0 Å². The van der Waals surface area contributed by atoms with Crippen LogP contribution in [0.3, 0.4) is 0 Å². The number of imidazole rings is 1. The molecule has 0 atom stereocenters. The molecule has 0 aliphatic carbocycles. The molecule has 0 saturated carbocycles. The fourth-order valence-electron chi connectivity index (χ4n) is 1.79. The fraction of sp³-hybridized carbons (Fsp3) is 0.308. The van der Waals surface area contributed by atoms with E-state index in [0.717, 1.165) is 22.9 Å². The monoisotopic (exact) mass is 266 g/mol. The second kappa shape index (κ2) is 5.78. The number of hydrogen-bond acceptors (Lipinski definition) is 3. The van der Waals surface area contributed by atoms with Crippen molar-refractivity contribution in [2.75, 3.05) is 14.2 Å². The van der Waals surface area contributed by atoms with Gasteiger partial charge in [-0.2, -0.15) is 0 Å². The van der Waals surface area contributed by atoms with Crippen molar-refractivity contribution in [3.8, 4) is 11.5 Å². The fourth-order valence-corrected chi connectivity index (χ4v) is 2.01. The summed E-state index contributed by atoms with van der Waals surface area (Å²) in [7, 11) is 3.25. The first-order chi connectivity index (χ1) is 8.78. The molecule has 2 aromatic rings. The van der Waals surface area contributed by atoms with Gasteiger partial charge in [-0.3, -0.25) is 0 Å². The van der Waals surface area contributed by atoms with Crippen LogP contribution in [-0.4, -0.2) is 23.8 Å². The Labute approximate surface area is 111 Å². The number of nitrogens with zero attached hydrogens (tertiary/aromatic N) is 2. The molecule has 18 heavy (non-hydrogen) atoms. The number of aromatic nitrogens is 2. The summed E-state index contributed by atoms with van der Waals surface area (Å²) in [5, 5.41) is 0. The molecular formula is C13H15ClN2O2. The van der Waals surface area contributed by atoms with Gasteiger partial charge in [-0.25, -0.2) is 4.98 Å². The second-order valence-electron chi connectivity index (χ2n) is 3.79. The lowest BCUT2D eigenvalue weighted by Gasteiger charge is -2.11. The molecule has 0 unspecified atom stereocenters. The van der Waals surface area contributed by atoms with Gasteiger partial charge >= 0.3 is 0 Å². The van der Waals surface area contributed by atoms with E-state index in [1.54, 1.807) is 20.4 Å². The number of hydrogen-bond donors (Lipinski definition) is 0. The molecule has 96 valence electrons. The number of halogens is 1. The Bertz CT molecular complexity index is 525. The van der Waals surface area contributed by atoms with E-state index in [9.17, 15) is 0 Å². The van der Waals surface area contributed by atoms with Crippen molar-refractivity contribution in [3.05, 3.63) is 42.0 Å². The van der Waals surface area contributed by atoms with E-state index in [1.165, 1.54) is 0 Å². The highest BCUT2D eigenvalue weighted by atomic mass is 35.5. The Morgan fingerprint density at radius 3 is 2.67 bits per heavy atom. The van der Waals surface area contributed by atoms with E-state index in [2.05, 4.69) is 4.98 Å². The highest BCUT2D eigenvalue weighted by Crippen LogP contribution is 2.27. The molecule has 4 nitrogen and oxygen atoms in total. The summed E-state index contributed by atoms with van der Waals surface area (Å²) < 4.78 is 12.5. The first kappa shape index (κ1) is 12.8. The predicted octanol–water partition coefficient (Wildman–Crippen LogP) is 2.69. The van der Waals surface area contributed by atoms with Crippen LogP contribution >= 0.6 is 11.6 Å². The van der Waals surface area contributed by atoms with Crippen LogP contribution in [0.5, 0.6) is 11.5 Å². The first-order valence-corrected chi connectivity index (χ1v) is 6.08. The van der Waals surface area contributed by atoms with E-state index in [1.807, 2.05) is 29.0 Å². The molecule has 0 N–H and O–H groups in total. The van der Waals surface area contributed by atoms with E-state index in [-0.39, 0.29) is 0 Å². The minimum Gasteiger partial charge on any atom is -0.493 e. The van der Waals surface area contributed by atoms with Crippen molar-refractivity contribution in [2.24, 2.45) is 0 Å². The van der Waals surface area contributed by atoms with E-state index < -0.39 is 0 Å². The van der Waals surface area contributed by atoms with Crippen molar-refractivity contribution < 1.29 is 9.47 Å². The van der Waals surface area contributed by atoms with Gasteiger partial charge in [0.05, 0.1) is 20.1 Å². The number of methoxy groups -OCH3 is 2. The number of ether oxygens (including phenoxy) is 2. The number of alkyl halides is 1. The van der Waals surface area contributed by atoms with Crippen LogP contribution in [0.2, 0.25) is 0 Å². The average molecular weight is 267 g/mol. The van der Waals surface area contributed by atoms with Crippen molar-refractivity contribution in [1.29, 1.82) is 0 Å². The van der Waals surface area contributed by atoms with Gasteiger partial charge in [0.15, 0.2) is 11.5 Å². The maximum atomic E-state index is 5.82. The van der Waals surface area contributed by atoms with Gasteiger partial charge in [0, 0.05) is 18.9 Å². The van der Waals surface area contributed by atoms with Gasteiger partial charge in [0.25, 0.3) is 0 Å². The van der Waals surface area contributed by atoms with Crippen LogP contribution in [-0.2, 0) is 12.4 Å². The van der Waals surface area contributed by atoms with Gasteiger partial charge < -0.3 is 14.0 Å². The zero-order valence-electron chi connectivity index (χ0n) is 10.4. The third kappa shape index (κ3) is 2.59. The lowest BCUT2D eigenvalue weighted by atomic mass is 10.2. The number of rotatable bonds is 5. The molecule has 0 bridgehead atoms. The van der Waals surface area contributed by atoms with Crippen molar-refractivity contribution in [3.63, 3.8) is 0 Å².